The van der Waals surface area contributed by atoms with Gasteiger partial charge in [-0.25, -0.2) is 4.98 Å². The van der Waals surface area contributed by atoms with Crippen LogP contribution < -0.4 is 5.32 Å². The Kier molecular flexibility index (Phi) is 5.36. The normalized spacial score (nSPS) is 10.9. The second kappa shape index (κ2) is 6.58. The van der Waals surface area contributed by atoms with Gasteiger partial charge in [0.15, 0.2) is 0 Å². The van der Waals surface area contributed by atoms with Crippen molar-refractivity contribution in [2.45, 2.75) is 33.2 Å². The average molecular weight is 212 g/mol. The molecule has 15 heavy (non-hydrogen) atoms. The fourth-order valence-electron chi connectivity index (χ4n) is 1.31. The fourth-order valence-corrected chi connectivity index (χ4v) is 1.31. The second-order valence-corrected chi connectivity index (χ2v) is 3.63. The molecule has 86 valence electrons. The fraction of sp³-hybridized carbons (Fsp3) is 0.727. The maximum absolute atomic E-state index is 5.44. The van der Waals surface area contributed by atoms with Crippen LogP contribution in [0.15, 0.2) is 4.42 Å². The summed E-state index contributed by atoms with van der Waals surface area (Å²) in [7, 11) is 1.73. The summed E-state index contributed by atoms with van der Waals surface area (Å²) in [5.41, 5.74) is 0.978. The number of hydrogen-bond acceptors (Lipinski definition) is 4. The zero-order valence-corrected chi connectivity index (χ0v) is 9.80. The number of nitrogens with zero attached hydrogens (tertiary/aromatic N) is 1. The van der Waals surface area contributed by atoms with Gasteiger partial charge in [0.25, 0.3) is 0 Å². The summed E-state index contributed by atoms with van der Waals surface area (Å²) < 4.78 is 10.4. The molecule has 0 unspecified atom stereocenters. The lowest BCUT2D eigenvalue weighted by atomic mass is 10.3. The molecule has 0 bridgehead atoms. The van der Waals surface area contributed by atoms with Gasteiger partial charge in [-0.05, 0) is 33.2 Å². The predicted molar refractivity (Wildman–Crippen MR) is 58.8 cm³/mol. The SMILES string of the molecule is COCCCCNCc1nc(C)c(C)o1. The Balaban J connectivity index is 2.10. The molecule has 1 rings (SSSR count). The molecule has 0 aliphatic heterocycles. The van der Waals surface area contributed by atoms with Gasteiger partial charge in [0, 0.05) is 13.7 Å². The van der Waals surface area contributed by atoms with Crippen molar-refractivity contribution >= 4 is 0 Å². The summed E-state index contributed by atoms with van der Waals surface area (Å²) >= 11 is 0. The minimum atomic E-state index is 0.710. The first kappa shape index (κ1) is 12.2. The molecule has 0 saturated heterocycles. The summed E-state index contributed by atoms with van der Waals surface area (Å²) in [6.07, 6.45) is 2.21. The molecule has 0 radical (unpaired) electrons. The van der Waals surface area contributed by atoms with Crippen LogP contribution in [0, 0.1) is 13.8 Å². The first-order chi connectivity index (χ1) is 7.24. The van der Waals surface area contributed by atoms with Crippen LogP contribution in [-0.2, 0) is 11.3 Å². The third kappa shape index (κ3) is 4.44. The topological polar surface area (TPSA) is 47.3 Å². The van der Waals surface area contributed by atoms with Crippen molar-refractivity contribution in [3.63, 3.8) is 0 Å². The summed E-state index contributed by atoms with van der Waals surface area (Å²) in [5.74, 6) is 1.68. The third-order valence-corrected chi connectivity index (χ3v) is 2.30. The Labute approximate surface area is 91.0 Å². The molecule has 1 heterocycles. The minimum absolute atomic E-state index is 0.710. The number of hydrogen-bond donors (Lipinski definition) is 1. The van der Waals surface area contributed by atoms with E-state index in [9.17, 15) is 0 Å². The number of aryl methyl sites for hydroxylation is 2. The summed E-state index contributed by atoms with van der Waals surface area (Å²) in [6.45, 7) is 6.41. The summed E-state index contributed by atoms with van der Waals surface area (Å²) in [5, 5.41) is 3.29. The van der Waals surface area contributed by atoms with Crippen LogP contribution in [0.2, 0.25) is 0 Å². The van der Waals surface area contributed by atoms with Gasteiger partial charge in [0.05, 0.1) is 12.2 Å². The highest BCUT2D eigenvalue weighted by Gasteiger charge is 2.03. The molecular formula is C11H20N2O2. The van der Waals surface area contributed by atoms with Gasteiger partial charge in [0.2, 0.25) is 5.89 Å². The highest BCUT2D eigenvalue weighted by molar-refractivity contribution is 5.04. The predicted octanol–water partition coefficient (Wildman–Crippen LogP) is 1.81. The maximum Gasteiger partial charge on any atom is 0.208 e. The highest BCUT2D eigenvalue weighted by atomic mass is 16.5. The van der Waals surface area contributed by atoms with E-state index in [1.807, 2.05) is 13.8 Å². The summed E-state index contributed by atoms with van der Waals surface area (Å²) in [6, 6.07) is 0. The number of ether oxygens (including phenoxy) is 1. The highest BCUT2D eigenvalue weighted by Crippen LogP contribution is 2.07. The van der Waals surface area contributed by atoms with E-state index < -0.39 is 0 Å². The van der Waals surface area contributed by atoms with Crippen molar-refractivity contribution in [1.29, 1.82) is 0 Å². The van der Waals surface area contributed by atoms with E-state index >= 15 is 0 Å². The van der Waals surface area contributed by atoms with Gasteiger partial charge in [-0.2, -0.15) is 0 Å². The zero-order valence-electron chi connectivity index (χ0n) is 9.80. The Morgan fingerprint density at radius 2 is 2.13 bits per heavy atom. The number of oxazole rings is 1. The monoisotopic (exact) mass is 212 g/mol. The lowest BCUT2D eigenvalue weighted by molar-refractivity contribution is 0.192. The van der Waals surface area contributed by atoms with Crippen molar-refractivity contribution in [3.8, 4) is 0 Å². The van der Waals surface area contributed by atoms with E-state index in [0.29, 0.717) is 6.54 Å². The zero-order chi connectivity index (χ0) is 11.1. The average Bonchev–Trinajstić information content (AvgIpc) is 2.52. The van der Waals surface area contributed by atoms with E-state index in [2.05, 4.69) is 10.3 Å². The number of nitrogens with one attached hydrogen (secondary N) is 1. The van der Waals surface area contributed by atoms with E-state index in [0.717, 1.165) is 43.3 Å². The number of aromatic nitrogens is 1. The van der Waals surface area contributed by atoms with E-state index in [1.54, 1.807) is 7.11 Å². The van der Waals surface area contributed by atoms with Crippen LogP contribution in [0.5, 0.6) is 0 Å². The molecule has 4 heteroatoms. The molecule has 0 atom stereocenters. The molecule has 0 amide bonds. The van der Waals surface area contributed by atoms with Crippen LogP contribution in [-0.4, -0.2) is 25.2 Å². The molecule has 1 N–H and O–H groups in total. The Morgan fingerprint density at radius 1 is 1.33 bits per heavy atom. The number of methoxy groups -OCH3 is 1. The van der Waals surface area contributed by atoms with Crippen molar-refractivity contribution in [2.75, 3.05) is 20.3 Å². The smallest absolute Gasteiger partial charge is 0.208 e. The number of unbranched alkanes of at least 4 members (excludes halogenated alkanes) is 1. The molecule has 0 saturated carbocycles. The Hall–Kier alpha value is -0.870. The van der Waals surface area contributed by atoms with E-state index in [1.165, 1.54) is 0 Å². The van der Waals surface area contributed by atoms with Crippen molar-refractivity contribution in [3.05, 3.63) is 17.3 Å². The van der Waals surface area contributed by atoms with Crippen LogP contribution in [0.25, 0.3) is 0 Å². The molecule has 0 aliphatic carbocycles. The standard InChI is InChI=1S/C11H20N2O2/c1-9-10(2)15-11(13-9)8-12-6-4-5-7-14-3/h12H,4-8H2,1-3H3. The van der Waals surface area contributed by atoms with Gasteiger partial charge in [-0.3, -0.25) is 0 Å². The Bertz CT molecular complexity index is 265. The lowest BCUT2D eigenvalue weighted by Gasteiger charge is -2.01. The first-order valence-corrected chi connectivity index (χ1v) is 5.36. The quantitative estimate of drug-likeness (QED) is 0.700. The molecule has 4 nitrogen and oxygen atoms in total. The van der Waals surface area contributed by atoms with Gasteiger partial charge in [0.1, 0.15) is 5.76 Å². The van der Waals surface area contributed by atoms with Crippen LogP contribution in [0.3, 0.4) is 0 Å². The second-order valence-electron chi connectivity index (χ2n) is 3.63. The van der Waals surface area contributed by atoms with Gasteiger partial charge >= 0.3 is 0 Å². The van der Waals surface area contributed by atoms with Crippen molar-refractivity contribution in [1.82, 2.24) is 10.3 Å². The minimum Gasteiger partial charge on any atom is -0.444 e. The van der Waals surface area contributed by atoms with Gasteiger partial charge in [-0.1, -0.05) is 0 Å². The van der Waals surface area contributed by atoms with Crippen LogP contribution >= 0.6 is 0 Å². The summed E-state index contributed by atoms with van der Waals surface area (Å²) in [4.78, 5) is 4.29. The van der Waals surface area contributed by atoms with Gasteiger partial charge in [-0.15, -0.1) is 0 Å². The first-order valence-electron chi connectivity index (χ1n) is 5.36. The molecule has 0 spiro atoms. The number of rotatable bonds is 7. The molecule has 0 aromatic carbocycles. The van der Waals surface area contributed by atoms with Crippen LogP contribution in [0.4, 0.5) is 0 Å². The van der Waals surface area contributed by atoms with Crippen molar-refractivity contribution < 1.29 is 9.15 Å². The Morgan fingerprint density at radius 3 is 2.73 bits per heavy atom. The van der Waals surface area contributed by atoms with Crippen LogP contribution in [0.1, 0.15) is 30.2 Å². The van der Waals surface area contributed by atoms with Gasteiger partial charge < -0.3 is 14.5 Å². The molecular weight excluding hydrogens is 192 g/mol. The molecule has 1 aromatic rings. The van der Waals surface area contributed by atoms with Crippen molar-refractivity contribution in [2.24, 2.45) is 0 Å². The molecule has 1 aromatic heterocycles. The molecule has 0 aliphatic rings. The third-order valence-electron chi connectivity index (χ3n) is 2.30. The lowest BCUT2D eigenvalue weighted by Crippen LogP contribution is -2.15. The van der Waals surface area contributed by atoms with E-state index in [4.69, 9.17) is 9.15 Å². The largest absolute Gasteiger partial charge is 0.444 e. The molecule has 0 fully saturated rings. The maximum atomic E-state index is 5.44. The van der Waals surface area contributed by atoms with E-state index in [-0.39, 0.29) is 0 Å².